The van der Waals surface area contributed by atoms with Gasteiger partial charge in [-0.25, -0.2) is 0 Å². The molecule has 1 aromatic carbocycles. The summed E-state index contributed by atoms with van der Waals surface area (Å²) in [6, 6.07) is 9.02. The number of hydrogen-bond acceptors (Lipinski definition) is 4. The predicted octanol–water partition coefficient (Wildman–Crippen LogP) is 2.23. The molecule has 2 rings (SSSR count). The Bertz CT molecular complexity index is 595. The first-order valence-electron chi connectivity index (χ1n) is 6.83. The molecule has 0 aliphatic rings. The lowest BCUT2D eigenvalue weighted by Gasteiger charge is -2.11. The number of aryl methyl sites for hydroxylation is 1. The van der Waals surface area contributed by atoms with Crippen LogP contribution in [-0.2, 0) is 11.8 Å². The quantitative estimate of drug-likeness (QED) is 0.849. The van der Waals surface area contributed by atoms with Crippen molar-refractivity contribution >= 4 is 11.7 Å². The topological polar surface area (TPSA) is 65.4 Å². The smallest absolute Gasteiger partial charge is 0.263 e. The fourth-order valence-electron chi connectivity index (χ4n) is 1.70. The van der Waals surface area contributed by atoms with Crippen LogP contribution in [0, 0.1) is 0 Å². The molecule has 6 heteroatoms. The van der Waals surface area contributed by atoms with Gasteiger partial charge in [0.1, 0.15) is 0 Å². The van der Waals surface area contributed by atoms with Crippen molar-refractivity contribution in [3.63, 3.8) is 0 Å². The number of amides is 1. The maximum Gasteiger partial charge on any atom is 0.263 e. The molecule has 0 radical (unpaired) electrons. The fourth-order valence-corrected chi connectivity index (χ4v) is 1.70. The largest absolute Gasteiger partial charge is 0.490 e. The lowest BCUT2D eigenvalue weighted by molar-refractivity contribution is -0.118. The molecular formula is C15H19N3O3. The van der Waals surface area contributed by atoms with Crippen molar-refractivity contribution in [1.82, 2.24) is 9.78 Å². The number of anilines is 1. The monoisotopic (exact) mass is 289 g/mol. The molecule has 0 saturated heterocycles. The Kier molecular flexibility index (Phi) is 5.20. The number of hydrogen-bond donors (Lipinski definition) is 1. The summed E-state index contributed by atoms with van der Waals surface area (Å²) in [5, 5.41) is 6.73. The van der Waals surface area contributed by atoms with Crippen LogP contribution < -0.4 is 14.8 Å². The van der Waals surface area contributed by atoms with Crippen LogP contribution in [0.3, 0.4) is 0 Å². The molecule has 0 spiro atoms. The lowest BCUT2D eigenvalue weighted by Crippen LogP contribution is -2.20. The number of rotatable bonds is 7. The van der Waals surface area contributed by atoms with E-state index in [1.807, 2.05) is 25.1 Å². The zero-order chi connectivity index (χ0) is 15.1. The average molecular weight is 289 g/mol. The van der Waals surface area contributed by atoms with Crippen LogP contribution in [-0.4, -0.2) is 28.9 Å². The Morgan fingerprint density at radius 1 is 1.24 bits per heavy atom. The van der Waals surface area contributed by atoms with Crippen LogP contribution in [0.15, 0.2) is 36.5 Å². The molecule has 0 aliphatic carbocycles. The third kappa shape index (κ3) is 4.52. The highest BCUT2D eigenvalue weighted by Crippen LogP contribution is 2.26. The summed E-state index contributed by atoms with van der Waals surface area (Å²) in [4.78, 5) is 11.8. The van der Waals surface area contributed by atoms with Crippen molar-refractivity contribution in [2.24, 2.45) is 7.05 Å². The Morgan fingerprint density at radius 3 is 2.57 bits per heavy atom. The van der Waals surface area contributed by atoms with Gasteiger partial charge in [-0.15, -0.1) is 0 Å². The van der Waals surface area contributed by atoms with Gasteiger partial charge in [0.15, 0.2) is 23.9 Å². The van der Waals surface area contributed by atoms with Gasteiger partial charge in [-0.3, -0.25) is 9.48 Å². The van der Waals surface area contributed by atoms with Gasteiger partial charge >= 0.3 is 0 Å². The van der Waals surface area contributed by atoms with E-state index in [9.17, 15) is 4.79 Å². The number of nitrogens with one attached hydrogen (secondary N) is 1. The molecule has 1 heterocycles. The van der Waals surface area contributed by atoms with Crippen LogP contribution in [0.25, 0.3) is 0 Å². The number of carbonyl (C=O) groups excluding carboxylic acids is 1. The summed E-state index contributed by atoms with van der Waals surface area (Å²) in [6.45, 7) is 2.55. The first-order chi connectivity index (χ1) is 10.2. The van der Waals surface area contributed by atoms with E-state index in [0.717, 1.165) is 6.42 Å². The maximum absolute atomic E-state index is 11.8. The van der Waals surface area contributed by atoms with E-state index in [4.69, 9.17) is 9.47 Å². The maximum atomic E-state index is 11.8. The number of carbonyl (C=O) groups is 1. The minimum atomic E-state index is -0.265. The minimum absolute atomic E-state index is 0.0942. The first-order valence-corrected chi connectivity index (χ1v) is 6.83. The second-order valence-corrected chi connectivity index (χ2v) is 4.51. The Balaban J connectivity index is 1.88. The van der Waals surface area contributed by atoms with Crippen molar-refractivity contribution in [2.75, 3.05) is 18.5 Å². The molecule has 21 heavy (non-hydrogen) atoms. The molecule has 0 aliphatic heterocycles. The van der Waals surface area contributed by atoms with E-state index < -0.39 is 0 Å². The van der Waals surface area contributed by atoms with Crippen molar-refractivity contribution in [3.8, 4) is 11.5 Å². The third-order valence-corrected chi connectivity index (χ3v) is 2.65. The molecule has 0 atom stereocenters. The third-order valence-electron chi connectivity index (χ3n) is 2.65. The second kappa shape index (κ2) is 7.33. The van der Waals surface area contributed by atoms with Gasteiger partial charge in [0.05, 0.1) is 6.61 Å². The van der Waals surface area contributed by atoms with E-state index in [2.05, 4.69) is 10.4 Å². The molecule has 0 saturated carbocycles. The van der Waals surface area contributed by atoms with Crippen molar-refractivity contribution in [2.45, 2.75) is 13.3 Å². The van der Waals surface area contributed by atoms with E-state index in [1.165, 1.54) is 0 Å². The molecule has 1 aromatic heterocycles. The van der Waals surface area contributed by atoms with Crippen molar-refractivity contribution in [3.05, 3.63) is 36.5 Å². The average Bonchev–Trinajstić information content (AvgIpc) is 2.89. The van der Waals surface area contributed by atoms with Gasteiger partial charge in [0.2, 0.25) is 0 Å². The van der Waals surface area contributed by atoms with Gasteiger partial charge in [-0.1, -0.05) is 19.1 Å². The number of nitrogens with zero attached hydrogens (tertiary/aromatic N) is 2. The van der Waals surface area contributed by atoms with Crippen molar-refractivity contribution < 1.29 is 14.3 Å². The minimum Gasteiger partial charge on any atom is -0.490 e. The zero-order valence-corrected chi connectivity index (χ0v) is 12.2. The number of para-hydroxylation sites is 2. The fraction of sp³-hybridized carbons (Fsp3) is 0.333. The van der Waals surface area contributed by atoms with E-state index in [0.29, 0.717) is 23.9 Å². The highest BCUT2D eigenvalue weighted by atomic mass is 16.5. The van der Waals surface area contributed by atoms with Gasteiger partial charge in [0, 0.05) is 19.3 Å². The number of aromatic nitrogens is 2. The first kappa shape index (κ1) is 14.9. The van der Waals surface area contributed by atoms with Crippen LogP contribution >= 0.6 is 0 Å². The Morgan fingerprint density at radius 2 is 1.95 bits per heavy atom. The number of ether oxygens (including phenoxy) is 2. The normalized spacial score (nSPS) is 10.2. The summed E-state index contributed by atoms with van der Waals surface area (Å²) in [7, 11) is 1.79. The van der Waals surface area contributed by atoms with Crippen LogP contribution in [0.5, 0.6) is 11.5 Å². The second-order valence-electron chi connectivity index (χ2n) is 4.51. The highest BCUT2D eigenvalue weighted by Gasteiger charge is 2.08. The van der Waals surface area contributed by atoms with E-state index >= 15 is 0 Å². The SMILES string of the molecule is CCCOc1ccccc1OCC(=O)Nc1ccn(C)n1. The summed E-state index contributed by atoms with van der Waals surface area (Å²) >= 11 is 0. The molecule has 112 valence electrons. The van der Waals surface area contributed by atoms with Crippen LogP contribution in [0.1, 0.15) is 13.3 Å². The Hall–Kier alpha value is -2.50. The molecule has 6 nitrogen and oxygen atoms in total. The van der Waals surface area contributed by atoms with E-state index in [1.54, 1.807) is 30.1 Å². The lowest BCUT2D eigenvalue weighted by atomic mass is 10.3. The van der Waals surface area contributed by atoms with Gasteiger partial charge in [-0.05, 0) is 18.6 Å². The Labute approximate surface area is 123 Å². The summed E-state index contributed by atoms with van der Waals surface area (Å²) < 4.78 is 12.7. The standard InChI is InChI=1S/C15H19N3O3/c1-3-10-20-12-6-4-5-7-13(12)21-11-15(19)16-14-8-9-18(2)17-14/h4-9H,3,10-11H2,1-2H3,(H,16,17,19). The summed E-state index contributed by atoms with van der Waals surface area (Å²) in [6.07, 6.45) is 2.67. The molecule has 2 aromatic rings. The predicted molar refractivity (Wildman–Crippen MR) is 79.6 cm³/mol. The van der Waals surface area contributed by atoms with Gasteiger partial charge < -0.3 is 14.8 Å². The molecule has 0 fully saturated rings. The van der Waals surface area contributed by atoms with Gasteiger partial charge in [0.25, 0.3) is 5.91 Å². The van der Waals surface area contributed by atoms with Crippen LogP contribution in [0.2, 0.25) is 0 Å². The summed E-state index contributed by atoms with van der Waals surface area (Å²) in [5.41, 5.74) is 0. The molecule has 1 N–H and O–H groups in total. The van der Waals surface area contributed by atoms with Gasteiger partial charge in [-0.2, -0.15) is 5.10 Å². The molecule has 1 amide bonds. The van der Waals surface area contributed by atoms with E-state index in [-0.39, 0.29) is 12.5 Å². The molecule has 0 bridgehead atoms. The van der Waals surface area contributed by atoms with Crippen molar-refractivity contribution in [1.29, 1.82) is 0 Å². The number of benzene rings is 1. The zero-order valence-electron chi connectivity index (χ0n) is 12.2. The molecular weight excluding hydrogens is 270 g/mol. The summed E-state index contributed by atoms with van der Waals surface area (Å²) in [5.74, 6) is 1.44. The highest BCUT2D eigenvalue weighted by molar-refractivity contribution is 5.90. The van der Waals surface area contributed by atoms with Crippen LogP contribution in [0.4, 0.5) is 5.82 Å². The molecule has 0 unspecified atom stereocenters.